The Hall–Kier alpha value is -1.51. The average Bonchev–Trinajstić information content (AvgIpc) is 2.83. The lowest BCUT2D eigenvalue weighted by Gasteiger charge is -2.26. The van der Waals surface area contributed by atoms with Gasteiger partial charge in [0, 0.05) is 12.2 Å². The van der Waals surface area contributed by atoms with Crippen LogP contribution in [0.4, 0.5) is 5.69 Å². The van der Waals surface area contributed by atoms with Crippen molar-refractivity contribution in [2.24, 2.45) is 0 Å². The number of likely N-dealkylation sites (N-methyl/N-ethyl adjacent to an activating group) is 1. The van der Waals surface area contributed by atoms with E-state index >= 15 is 0 Å². The molecule has 3 heteroatoms. The first kappa shape index (κ1) is 13.9. The van der Waals surface area contributed by atoms with Crippen molar-refractivity contribution in [1.82, 2.24) is 4.90 Å². The van der Waals surface area contributed by atoms with Gasteiger partial charge in [-0.3, -0.25) is 4.90 Å². The van der Waals surface area contributed by atoms with Crippen LogP contribution in [0.1, 0.15) is 11.6 Å². The molecule has 100 valence electrons. The Balaban J connectivity index is 0.00000133. The zero-order valence-corrected chi connectivity index (χ0v) is 11.9. The molecule has 1 unspecified atom stereocenters. The molecular weight excluding hydrogens is 256 g/mol. The first-order valence-corrected chi connectivity index (χ1v) is 6.40. The molecule has 0 amide bonds. The molecule has 1 heterocycles. The van der Waals surface area contributed by atoms with Gasteiger partial charge in [-0.05, 0) is 24.7 Å². The van der Waals surface area contributed by atoms with E-state index in [2.05, 4.69) is 77.5 Å². The highest BCUT2D eigenvalue weighted by Gasteiger charge is 2.29. The van der Waals surface area contributed by atoms with Crippen LogP contribution in [0.15, 0.2) is 60.7 Å². The van der Waals surface area contributed by atoms with Crippen LogP contribution in [-0.2, 0) is 0 Å². The third-order valence-corrected chi connectivity index (χ3v) is 3.53. The number of rotatable bonds is 2. The molecule has 0 aliphatic carbocycles. The van der Waals surface area contributed by atoms with E-state index in [1.54, 1.807) is 0 Å². The van der Waals surface area contributed by atoms with Crippen molar-refractivity contribution in [3.05, 3.63) is 66.2 Å². The lowest BCUT2D eigenvalue weighted by molar-refractivity contribution is 0.411. The average molecular weight is 275 g/mol. The maximum absolute atomic E-state index is 2.47. The first-order valence-electron chi connectivity index (χ1n) is 6.40. The zero-order chi connectivity index (χ0) is 12.4. The maximum atomic E-state index is 2.47. The van der Waals surface area contributed by atoms with E-state index in [1.165, 1.54) is 11.3 Å². The van der Waals surface area contributed by atoms with E-state index in [9.17, 15) is 0 Å². The molecule has 19 heavy (non-hydrogen) atoms. The van der Waals surface area contributed by atoms with Gasteiger partial charge < -0.3 is 4.90 Å². The van der Waals surface area contributed by atoms with Gasteiger partial charge in [0.2, 0.25) is 0 Å². The second-order valence-electron chi connectivity index (χ2n) is 4.91. The summed E-state index contributed by atoms with van der Waals surface area (Å²) >= 11 is 0. The molecule has 0 saturated carbocycles. The third kappa shape index (κ3) is 2.91. The van der Waals surface area contributed by atoms with E-state index in [0.717, 1.165) is 13.2 Å². The predicted octanol–water partition coefficient (Wildman–Crippen LogP) is 3.56. The van der Waals surface area contributed by atoms with Crippen molar-refractivity contribution in [3.63, 3.8) is 0 Å². The Morgan fingerprint density at radius 3 is 2.11 bits per heavy atom. The quantitative estimate of drug-likeness (QED) is 0.826. The van der Waals surface area contributed by atoms with Crippen molar-refractivity contribution in [1.29, 1.82) is 0 Å². The summed E-state index contributed by atoms with van der Waals surface area (Å²) in [7, 11) is 2.18. The second-order valence-corrected chi connectivity index (χ2v) is 4.91. The fourth-order valence-electron chi connectivity index (χ4n) is 2.65. The largest absolute Gasteiger partial charge is 0.350 e. The summed E-state index contributed by atoms with van der Waals surface area (Å²) in [5, 5.41) is 0. The van der Waals surface area contributed by atoms with E-state index in [-0.39, 0.29) is 12.4 Å². The predicted molar refractivity (Wildman–Crippen MR) is 82.8 cm³/mol. The highest BCUT2D eigenvalue weighted by molar-refractivity contribution is 5.85. The molecule has 0 N–H and O–H groups in total. The van der Waals surface area contributed by atoms with E-state index < -0.39 is 0 Å². The Labute approximate surface area is 121 Å². The molecule has 0 aromatic heterocycles. The fourth-order valence-corrected chi connectivity index (χ4v) is 2.65. The van der Waals surface area contributed by atoms with Crippen molar-refractivity contribution >= 4 is 18.1 Å². The molecule has 1 aliphatic heterocycles. The minimum Gasteiger partial charge on any atom is -0.350 e. The van der Waals surface area contributed by atoms with E-state index in [1.807, 2.05) is 0 Å². The summed E-state index contributed by atoms with van der Waals surface area (Å²) in [6, 6.07) is 21.9. The van der Waals surface area contributed by atoms with Crippen LogP contribution in [0.25, 0.3) is 0 Å². The minimum atomic E-state index is 0. The molecular formula is C16H19ClN2. The van der Waals surface area contributed by atoms with Crippen LogP contribution >= 0.6 is 12.4 Å². The lowest BCUT2D eigenvalue weighted by Crippen LogP contribution is -2.24. The monoisotopic (exact) mass is 274 g/mol. The Morgan fingerprint density at radius 1 is 0.895 bits per heavy atom. The SMILES string of the molecule is CN1CC(c2ccccc2)N(c2ccccc2)C1.Cl. The summed E-state index contributed by atoms with van der Waals surface area (Å²) in [4.78, 5) is 4.83. The summed E-state index contributed by atoms with van der Waals surface area (Å²) in [5.41, 5.74) is 2.70. The topological polar surface area (TPSA) is 6.48 Å². The molecule has 0 radical (unpaired) electrons. The lowest BCUT2D eigenvalue weighted by atomic mass is 10.1. The molecule has 0 bridgehead atoms. The minimum absolute atomic E-state index is 0. The number of hydrogen-bond acceptors (Lipinski definition) is 2. The number of anilines is 1. The van der Waals surface area contributed by atoms with Crippen molar-refractivity contribution in [2.45, 2.75) is 6.04 Å². The number of benzene rings is 2. The maximum Gasteiger partial charge on any atom is 0.0712 e. The van der Waals surface area contributed by atoms with Gasteiger partial charge in [-0.25, -0.2) is 0 Å². The normalized spacial score (nSPS) is 19.2. The van der Waals surface area contributed by atoms with E-state index in [4.69, 9.17) is 0 Å². The van der Waals surface area contributed by atoms with Crippen LogP contribution in [0.5, 0.6) is 0 Å². The van der Waals surface area contributed by atoms with Crippen LogP contribution in [0, 0.1) is 0 Å². The first-order chi connectivity index (χ1) is 8.84. The van der Waals surface area contributed by atoms with E-state index in [0.29, 0.717) is 6.04 Å². The number of halogens is 1. The Kier molecular flexibility index (Phi) is 4.46. The van der Waals surface area contributed by atoms with Crippen LogP contribution in [0.2, 0.25) is 0 Å². The molecule has 1 saturated heterocycles. The Morgan fingerprint density at radius 2 is 1.47 bits per heavy atom. The highest BCUT2D eigenvalue weighted by atomic mass is 35.5. The van der Waals surface area contributed by atoms with Gasteiger partial charge >= 0.3 is 0 Å². The number of hydrogen-bond donors (Lipinski definition) is 0. The van der Waals surface area contributed by atoms with Crippen LogP contribution < -0.4 is 4.90 Å². The summed E-state index contributed by atoms with van der Waals surface area (Å²) in [5.74, 6) is 0. The van der Waals surface area contributed by atoms with Gasteiger partial charge in [-0.1, -0.05) is 48.5 Å². The van der Waals surface area contributed by atoms with Gasteiger partial charge in [0.05, 0.1) is 12.7 Å². The van der Waals surface area contributed by atoms with Gasteiger partial charge in [0.1, 0.15) is 0 Å². The summed E-state index contributed by atoms with van der Waals surface area (Å²) in [6.07, 6.45) is 0. The molecule has 1 atom stereocenters. The molecule has 1 aliphatic rings. The van der Waals surface area contributed by atoms with Gasteiger partial charge in [0.25, 0.3) is 0 Å². The fraction of sp³-hybridized carbons (Fsp3) is 0.250. The third-order valence-electron chi connectivity index (χ3n) is 3.53. The molecule has 0 spiro atoms. The van der Waals surface area contributed by atoms with Crippen molar-refractivity contribution in [3.8, 4) is 0 Å². The highest BCUT2D eigenvalue weighted by Crippen LogP contribution is 2.31. The number of para-hydroxylation sites is 1. The Bertz CT molecular complexity index is 453. The second kappa shape index (κ2) is 6.09. The van der Waals surface area contributed by atoms with Gasteiger partial charge in [-0.2, -0.15) is 0 Å². The molecule has 2 aromatic rings. The van der Waals surface area contributed by atoms with Crippen molar-refractivity contribution in [2.75, 3.05) is 25.2 Å². The van der Waals surface area contributed by atoms with Gasteiger partial charge in [0.15, 0.2) is 0 Å². The molecule has 2 nitrogen and oxygen atoms in total. The molecule has 1 fully saturated rings. The summed E-state index contributed by atoms with van der Waals surface area (Å²) < 4.78 is 0. The standard InChI is InChI=1S/C16H18N2.ClH/c1-17-12-16(14-8-4-2-5-9-14)18(13-17)15-10-6-3-7-11-15;/h2-11,16H,12-13H2,1H3;1H. The zero-order valence-electron chi connectivity index (χ0n) is 11.1. The van der Waals surface area contributed by atoms with Crippen LogP contribution in [0.3, 0.4) is 0 Å². The smallest absolute Gasteiger partial charge is 0.0712 e. The van der Waals surface area contributed by atoms with Gasteiger partial charge in [-0.15, -0.1) is 12.4 Å². The number of nitrogens with zero attached hydrogens (tertiary/aromatic N) is 2. The summed E-state index contributed by atoms with van der Waals surface area (Å²) in [6.45, 7) is 2.07. The van der Waals surface area contributed by atoms with Crippen molar-refractivity contribution < 1.29 is 0 Å². The van der Waals surface area contributed by atoms with Crippen LogP contribution in [-0.4, -0.2) is 25.2 Å². The molecule has 2 aromatic carbocycles. The molecule has 3 rings (SSSR count).